The molecule has 0 radical (unpaired) electrons. The molecule has 2 rings (SSSR count). The van der Waals surface area contributed by atoms with Crippen LogP contribution >= 0.6 is 0 Å². The highest BCUT2D eigenvalue weighted by molar-refractivity contribution is 5.66. The van der Waals surface area contributed by atoms with E-state index in [9.17, 15) is 4.79 Å². The van der Waals surface area contributed by atoms with Crippen molar-refractivity contribution in [1.29, 1.82) is 0 Å². The van der Waals surface area contributed by atoms with Crippen molar-refractivity contribution in [3.8, 4) is 0 Å². The summed E-state index contributed by atoms with van der Waals surface area (Å²) in [6.07, 6.45) is 4.40. The molecular formula is C15H21NO2. The highest BCUT2D eigenvalue weighted by Crippen LogP contribution is 2.24. The normalized spacial score (nSPS) is 23.8. The van der Waals surface area contributed by atoms with E-state index < -0.39 is 5.97 Å². The van der Waals surface area contributed by atoms with Crippen LogP contribution in [0.1, 0.15) is 31.2 Å². The number of hydrogen-bond acceptors (Lipinski definition) is 2. The third kappa shape index (κ3) is 3.84. The lowest BCUT2D eigenvalue weighted by atomic mass is 9.84. The van der Waals surface area contributed by atoms with Gasteiger partial charge in [0.05, 0.1) is 0 Å². The zero-order valence-corrected chi connectivity index (χ0v) is 10.6. The van der Waals surface area contributed by atoms with E-state index in [1.165, 1.54) is 5.56 Å². The first-order valence-corrected chi connectivity index (χ1v) is 6.75. The van der Waals surface area contributed by atoms with Crippen LogP contribution in [0.15, 0.2) is 30.3 Å². The van der Waals surface area contributed by atoms with Crippen molar-refractivity contribution in [3.05, 3.63) is 35.9 Å². The number of piperidine rings is 1. The predicted molar refractivity (Wildman–Crippen MR) is 71.5 cm³/mol. The second-order valence-electron chi connectivity index (χ2n) is 5.09. The van der Waals surface area contributed by atoms with Crippen LogP contribution in [-0.2, 0) is 11.2 Å². The van der Waals surface area contributed by atoms with Crippen molar-refractivity contribution in [1.82, 2.24) is 5.32 Å². The summed E-state index contributed by atoms with van der Waals surface area (Å²) >= 11 is 0. The Kier molecular flexibility index (Phi) is 4.76. The molecule has 2 atom stereocenters. The van der Waals surface area contributed by atoms with Gasteiger partial charge in [-0.15, -0.1) is 0 Å². The minimum atomic E-state index is -0.681. The fraction of sp³-hybridized carbons (Fsp3) is 0.533. The van der Waals surface area contributed by atoms with Gasteiger partial charge in [-0.2, -0.15) is 0 Å². The molecule has 2 N–H and O–H groups in total. The standard InChI is InChI=1S/C15H21NO2/c17-15(18)9-8-13-7-4-10-16-14(13)11-12-5-2-1-3-6-12/h1-3,5-6,13-14,16H,4,7-11H2,(H,17,18). The SMILES string of the molecule is O=C(O)CCC1CCCNC1Cc1ccccc1. The third-order valence-corrected chi connectivity index (χ3v) is 3.75. The second-order valence-corrected chi connectivity index (χ2v) is 5.09. The average Bonchev–Trinajstić information content (AvgIpc) is 2.39. The second kappa shape index (κ2) is 6.55. The van der Waals surface area contributed by atoms with Crippen molar-refractivity contribution in [2.45, 2.75) is 38.1 Å². The van der Waals surface area contributed by atoms with Gasteiger partial charge in [-0.3, -0.25) is 4.79 Å². The average molecular weight is 247 g/mol. The Morgan fingerprint density at radius 3 is 2.83 bits per heavy atom. The van der Waals surface area contributed by atoms with Crippen molar-refractivity contribution >= 4 is 5.97 Å². The summed E-state index contributed by atoms with van der Waals surface area (Å²) in [6, 6.07) is 10.9. The van der Waals surface area contributed by atoms with E-state index in [0.29, 0.717) is 12.0 Å². The summed E-state index contributed by atoms with van der Waals surface area (Å²) in [5.74, 6) is -0.186. The molecule has 3 nitrogen and oxygen atoms in total. The van der Waals surface area contributed by atoms with Crippen LogP contribution in [-0.4, -0.2) is 23.7 Å². The number of carbonyl (C=O) groups is 1. The molecule has 0 spiro atoms. The molecule has 98 valence electrons. The molecule has 1 aromatic rings. The van der Waals surface area contributed by atoms with Gasteiger partial charge < -0.3 is 10.4 Å². The molecule has 3 heteroatoms. The largest absolute Gasteiger partial charge is 0.481 e. The van der Waals surface area contributed by atoms with Crippen LogP contribution < -0.4 is 5.32 Å². The van der Waals surface area contributed by atoms with E-state index in [1.54, 1.807) is 0 Å². The molecule has 0 aliphatic carbocycles. The highest BCUT2D eigenvalue weighted by Gasteiger charge is 2.25. The molecule has 1 aromatic carbocycles. The molecule has 1 saturated heterocycles. The maximum Gasteiger partial charge on any atom is 0.303 e. The highest BCUT2D eigenvalue weighted by atomic mass is 16.4. The Labute approximate surface area is 108 Å². The van der Waals surface area contributed by atoms with E-state index in [4.69, 9.17) is 5.11 Å². The number of rotatable bonds is 5. The fourth-order valence-electron chi connectivity index (χ4n) is 2.78. The number of nitrogens with one attached hydrogen (secondary N) is 1. The van der Waals surface area contributed by atoms with Gasteiger partial charge in [0.2, 0.25) is 0 Å². The van der Waals surface area contributed by atoms with Crippen LogP contribution in [0.5, 0.6) is 0 Å². The molecule has 18 heavy (non-hydrogen) atoms. The Morgan fingerprint density at radius 2 is 2.11 bits per heavy atom. The van der Waals surface area contributed by atoms with Gasteiger partial charge in [0.15, 0.2) is 0 Å². The van der Waals surface area contributed by atoms with E-state index in [-0.39, 0.29) is 6.42 Å². The van der Waals surface area contributed by atoms with Crippen molar-refractivity contribution in [2.24, 2.45) is 5.92 Å². The van der Waals surface area contributed by atoms with E-state index in [1.807, 2.05) is 6.07 Å². The number of carboxylic acids is 1. The lowest BCUT2D eigenvalue weighted by Crippen LogP contribution is -2.42. The van der Waals surface area contributed by atoms with Crippen LogP contribution in [0.3, 0.4) is 0 Å². The summed E-state index contributed by atoms with van der Waals surface area (Å²) in [4.78, 5) is 10.7. The molecule has 0 amide bonds. The summed E-state index contributed by atoms with van der Waals surface area (Å²) in [7, 11) is 0. The smallest absolute Gasteiger partial charge is 0.303 e. The molecule has 0 bridgehead atoms. The molecule has 1 aliphatic heterocycles. The van der Waals surface area contributed by atoms with E-state index in [2.05, 4.69) is 29.6 Å². The Morgan fingerprint density at radius 1 is 1.33 bits per heavy atom. The number of benzene rings is 1. The zero-order chi connectivity index (χ0) is 12.8. The number of hydrogen-bond donors (Lipinski definition) is 2. The summed E-state index contributed by atoms with van der Waals surface area (Å²) < 4.78 is 0. The van der Waals surface area contributed by atoms with Crippen molar-refractivity contribution in [2.75, 3.05) is 6.54 Å². The summed E-state index contributed by atoms with van der Waals surface area (Å²) in [5.41, 5.74) is 1.33. The molecule has 0 saturated carbocycles. The van der Waals surface area contributed by atoms with Crippen LogP contribution in [0, 0.1) is 5.92 Å². The molecular weight excluding hydrogens is 226 g/mol. The Hall–Kier alpha value is -1.35. The number of aliphatic carboxylic acids is 1. The van der Waals surface area contributed by atoms with Gasteiger partial charge >= 0.3 is 5.97 Å². The lowest BCUT2D eigenvalue weighted by molar-refractivity contribution is -0.137. The minimum Gasteiger partial charge on any atom is -0.481 e. The van der Waals surface area contributed by atoms with Crippen LogP contribution in [0.25, 0.3) is 0 Å². The Bertz CT molecular complexity index is 377. The zero-order valence-electron chi connectivity index (χ0n) is 10.6. The fourth-order valence-corrected chi connectivity index (χ4v) is 2.78. The van der Waals surface area contributed by atoms with Gasteiger partial charge in [0.25, 0.3) is 0 Å². The van der Waals surface area contributed by atoms with Crippen molar-refractivity contribution in [3.63, 3.8) is 0 Å². The lowest BCUT2D eigenvalue weighted by Gasteiger charge is -2.32. The molecule has 1 fully saturated rings. The third-order valence-electron chi connectivity index (χ3n) is 3.75. The van der Waals surface area contributed by atoms with E-state index >= 15 is 0 Å². The van der Waals surface area contributed by atoms with Crippen LogP contribution in [0.4, 0.5) is 0 Å². The summed E-state index contributed by atoms with van der Waals surface area (Å²) in [6.45, 7) is 1.06. The van der Waals surface area contributed by atoms with Gasteiger partial charge in [-0.25, -0.2) is 0 Å². The van der Waals surface area contributed by atoms with Gasteiger partial charge in [0, 0.05) is 12.5 Å². The predicted octanol–water partition coefficient (Wildman–Crippen LogP) is 2.46. The molecule has 1 aliphatic rings. The monoisotopic (exact) mass is 247 g/mol. The first-order valence-electron chi connectivity index (χ1n) is 6.75. The quantitative estimate of drug-likeness (QED) is 0.840. The Balaban J connectivity index is 1.93. The maximum atomic E-state index is 10.7. The first-order chi connectivity index (χ1) is 8.75. The van der Waals surface area contributed by atoms with Gasteiger partial charge in [-0.1, -0.05) is 30.3 Å². The summed E-state index contributed by atoms with van der Waals surface area (Å²) in [5, 5.41) is 12.3. The molecule has 1 heterocycles. The maximum absolute atomic E-state index is 10.7. The molecule has 0 aromatic heterocycles. The van der Waals surface area contributed by atoms with Crippen LogP contribution in [0.2, 0.25) is 0 Å². The molecule has 2 unspecified atom stereocenters. The van der Waals surface area contributed by atoms with E-state index in [0.717, 1.165) is 32.2 Å². The first kappa shape index (κ1) is 13.1. The van der Waals surface area contributed by atoms with Crippen molar-refractivity contribution < 1.29 is 9.90 Å². The minimum absolute atomic E-state index is 0.289. The van der Waals surface area contributed by atoms with Gasteiger partial charge in [-0.05, 0) is 43.7 Å². The number of carboxylic acid groups (broad SMARTS) is 1. The topological polar surface area (TPSA) is 49.3 Å². The van der Waals surface area contributed by atoms with Gasteiger partial charge in [0.1, 0.15) is 0 Å².